The average Bonchev–Trinajstić information content (AvgIpc) is 2.40. The van der Waals surface area contributed by atoms with E-state index in [9.17, 15) is 0 Å². The molecule has 0 saturated heterocycles. The molecule has 0 aliphatic heterocycles. The van der Waals surface area contributed by atoms with Crippen LogP contribution in [0.1, 0.15) is 24.7 Å². The van der Waals surface area contributed by atoms with Crippen LogP contribution in [0.2, 0.25) is 0 Å². The predicted molar refractivity (Wildman–Crippen MR) is 73.5 cm³/mol. The van der Waals surface area contributed by atoms with Crippen LogP contribution in [-0.4, -0.2) is 21.5 Å². The lowest BCUT2D eigenvalue weighted by Gasteiger charge is -2.12. The maximum Gasteiger partial charge on any atom is 0.133 e. The van der Waals surface area contributed by atoms with Gasteiger partial charge in [0.2, 0.25) is 0 Å². The Labute approximate surface area is 108 Å². The highest BCUT2D eigenvalue weighted by Gasteiger charge is 2.10. The van der Waals surface area contributed by atoms with E-state index in [1.807, 2.05) is 32.2 Å². The molecule has 2 aromatic heterocycles. The van der Waals surface area contributed by atoms with Crippen molar-refractivity contribution < 1.29 is 0 Å². The molecule has 0 amide bonds. The van der Waals surface area contributed by atoms with Crippen LogP contribution < -0.4 is 5.32 Å². The summed E-state index contributed by atoms with van der Waals surface area (Å²) >= 11 is 0. The Balaban J connectivity index is 2.45. The summed E-state index contributed by atoms with van der Waals surface area (Å²) in [6.07, 6.45) is 4.67. The number of nitrogens with zero attached hydrogens (tertiary/aromatic N) is 3. The van der Waals surface area contributed by atoms with Crippen LogP contribution in [-0.2, 0) is 0 Å². The van der Waals surface area contributed by atoms with Gasteiger partial charge >= 0.3 is 0 Å². The largest absolute Gasteiger partial charge is 0.370 e. The number of nitrogens with one attached hydrogen (secondary N) is 1. The zero-order valence-corrected chi connectivity index (χ0v) is 11.1. The standard InChI is InChI=1S/C14H18N4/c1-4-7-16-14-10(2)13(17-11(3)18-14)12-6-5-8-15-9-12/h5-6,8-9H,4,7H2,1-3H3,(H,16,17,18). The van der Waals surface area contributed by atoms with Crippen molar-refractivity contribution in [3.05, 3.63) is 35.9 Å². The first-order valence-electron chi connectivity index (χ1n) is 6.22. The first-order chi connectivity index (χ1) is 8.72. The van der Waals surface area contributed by atoms with E-state index in [-0.39, 0.29) is 0 Å². The second-order valence-corrected chi connectivity index (χ2v) is 4.26. The Morgan fingerprint density at radius 2 is 2.06 bits per heavy atom. The Hall–Kier alpha value is -1.97. The number of rotatable bonds is 4. The van der Waals surface area contributed by atoms with Crippen molar-refractivity contribution in [3.63, 3.8) is 0 Å². The number of aryl methyl sites for hydroxylation is 1. The monoisotopic (exact) mass is 242 g/mol. The van der Waals surface area contributed by atoms with Gasteiger partial charge in [0.15, 0.2) is 0 Å². The molecule has 0 aromatic carbocycles. The molecule has 0 spiro atoms. The first kappa shape index (κ1) is 12.5. The second kappa shape index (κ2) is 5.58. The second-order valence-electron chi connectivity index (χ2n) is 4.26. The van der Waals surface area contributed by atoms with Crippen LogP contribution in [0.25, 0.3) is 11.3 Å². The third-order valence-electron chi connectivity index (χ3n) is 2.74. The van der Waals surface area contributed by atoms with Crippen molar-refractivity contribution in [2.24, 2.45) is 0 Å². The summed E-state index contributed by atoms with van der Waals surface area (Å²) in [6.45, 7) is 7.01. The predicted octanol–water partition coefficient (Wildman–Crippen LogP) is 2.98. The van der Waals surface area contributed by atoms with Gasteiger partial charge in [0, 0.05) is 30.1 Å². The Kier molecular flexibility index (Phi) is 3.87. The highest BCUT2D eigenvalue weighted by atomic mass is 15.0. The van der Waals surface area contributed by atoms with E-state index in [1.54, 1.807) is 6.20 Å². The fraction of sp³-hybridized carbons (Fsp3) is 0.357. The van der Waals surface area contributed by atoms with Gasteiger partial charge in [0.05, 0.1) is 5.69 Å². The lowest BCUT2D eigenvalue weighted by molar-refractivity contribution is 0.947. The molecule has 0 bridgehead atoms. The maximum atomic E-state index is 4.52. The molecule has 4 nitrogen and oxygen atoms in total. The summed E-state index contributed by atoms with van der Waals surface area (Å²) in [7, 11) is 0. The van der Waals surface area contributed by atoms with E-state index in [0.29, 0.717) is 0 Å². The average molecular weight is 242 g/mol. The third kappa shape index (κ3) is 2.64. The topological polar surface area (TPSA) is 50.7 Å². The van der Waals surface area contributed by atoms with Gasteiger partial charge in [-0.15, -0.1) is 0 Å². The van der Waals surface area contributed by atoms with Gasteiger partial charge in [-0.3, -0.25) is 4.98 Å². The molecule has 0 saturated carbocycles. The molecule has 0 unspecified atom stereocenters. The van der Waals surface area contributed by atoms with Crippen molar-refractivity contribution in [1.82, 2.24) is 15.0 Å². The van der Waals surface area contributed by atoms with Gasteiger partial charge in [-0.05, 0) is 32.4 Å². The summed E-state index contributed by atoms with van der Waals surface area (Å²) in [5.41, 5.74) is 3.05. The van der Waals surface area contributed by atoms with E-state index in [4.69, 9.17) is 0 Å². The molecule has 2 rings (SSSR count). The van der Waals surface area contributed by atoms with Crippen LogP contribution in [0.15, 0.2) is 24.5 Å². The molecular weight excluding hydrogens is 224 g/mol. The van der Waals surface area contributed by atoms with Gasteiger partial charge in [-0.2, -0.15) is 0 Å². The lowest BCUT2D eigenvalue weighted by atomic mass is 10.1. The number of anilines is 1. The molecule has 0 aliphatic carbocycles. The summed E-state index contributed by atoms with van der Waals surface area (Å²) in [4.78, 5) is 13.1. The fourth-order valence-electron chi connectivity index (χ4n) is 1.83. The van der Waals surface area contributed by atoms with Crippen molar-refractivity contribution >= 4 is 5.82 Å². The zero-order valence-electron chi connectivity index (χ0n) is 11.1. The number of hydrogen-bond acceptors (Lipinski definition) is 4. The zero-order chi connectivity index (χ0) is 13.0. The highest BCUT2D eigenvalue weighted by Crippen LogP contribution is 2.24. The molecule has 0 fully saturated rings. The molecule has 2 heterocycles. The SMILES string of the molecule is CCCNc1nc(C)nc(-c2cccnc2)c1C. The Morgan fingerprint density at radius 1 is 1.22 bits per heavy atom. The van der Waals surface area contributed by atoms with Crippen LogP contribution >= 0.6 is 0 Å². The quantitative estimate of drug-likeness (QED) is 0.895. The number of pyridine rings is 1. The molecule has 4 heteroatoms. The van der Waals surface area contributed by atoms with Gasteiger partial charge in [0.1, 0.15) is 11.6 Å². The van der Waals surface area contributed by atoms with Crippen LogP contribution in [0.4, 0.5) is 5.82 Å². The maximum absolute atomic E-state index is 4.52. The normalized spacial score (nSPS) is 10.4. The Morgan fingerprint density at radius 3 is 2.72 bits per heavy atom. The van der Waals surface area contributed by atoms with Gasteiger partial charge in [-0.25, -0.2) is 9.97 Å². The minimum absolute atomic E-state index is 0.776. The molecular formula is C14H18N4. The first-order valence-corrected chi connectivity index (χ1v) is 6.22. The van der Waals surface area contributed by atoms with E-state index < -0.39 is 0 Å². The van der Waals surface area contributed by atoms with E-state index in [0.717, 1.165) is 41.4 Å². The summed E-state index contributed by atoms with van der Waals surface area (Å²) < 4.78 is 0. The molecule has 2 aromatic rings. The molecule has 0 aliphatic rings. The van der Waals surface area contributed by atoms with Crippen LogP contribution in [0.3, 0.4) is 0 Å². The van der Waals surface area contributed by atoms with Gasteiger partial charge in [-0.1, -0.05) is 6.92 Å². The molecule has 1 N–H and O–H groups in total. The summed E-state index contributed by atoms with van der Waals surface area (Å²) in [5, 5.41) is 3.34. The third-order valence-corrected chi connectivity index (χ3v) is 2.74. The van der Waals surface area contributed by atoms with Gasteiger partial charge < -0.3 is 5.32 Å². The van der Waals surface area contributed by atoms with Crippen LogP contribution in [0, 0.1) is 13.8 Å². The number of aromatic nitrogens is 3. The van der Waals surface area contributed by atoms with Crippen molar-refractivity contribution in [2.75, 3.05) is 11.9 Å². The lowest BCUT2D eigenvalue weighted by Crippen LogP contribution is -2.07. The van der Waals surface area contributed by atoms with Crippen molar-refractivity contribution in [3.8, 4) is 11.3 Å². The Bertz CT molecular complexity index is 523. The molecule has 0 radical (unpaired) electrons. The summed E-state index contributed by atoms with van der Waals surface area (Å²) in [5.74, 6) is 1.70. The minimum atomic E-state index is 0.776. The van der Waals surface area contributed by atoms with Crippen LogP contribution in [0.5, 0.6) is 0 Å². The number of hydrogen-bond donors (Lipinski definition) is 1. The molecule has 18 heavy (non-hydrogen) atoms. The molecule has 94 valence electrons. The van der Waals surface area contributed by atoms with E-state index in [1.165, 1.54) is 0 Å². The highest BCUT2D eigenvalue weighted by molar-refractivity contribution is 5.67. The van der Waals surface area contributed by atoms with Gasteiger partial charge in [0.25, 0.3) is 0 Å². The van der Waals surface area contributed by atoms with E-state index in [2.05, 4.69) is 27.2 Å². The van der Waals surface area contributed by atoms with E-state index >= 15 is 0 Å². The smallest absolute Gasteiger partial charge is 0.133 e. The summed E-state index contributed by atoms with van der Waals surface area (Å²) in [6, 6.07) is 3.94. The van der Waals surface area contributed by atoms with Crippen molar-refractivity contribution in [2.45, 2.75) is 27.2 Å². The molecule has 0 atom stereocenters. The minimum Gasteiger partial charge on any atom is -0.370 e. The van der Waals surface area contributed by atoms with Crippen molar-refractivity contribution in [1.29, 1.82) is 0 Å². The fourth-order valence-corrected chi connectivity index (χ4v) is 1.83.